The second-order valence-corrected chi connectivity index (χ2v) is 11.9. The number of epoxide rings is 2. The molecule has 4 fully saturated rings. The summed E-state index contributed by atoms with van der Waals surface area (Å²) in [6.07, 6.45) is 4.49. The molecule has 170 valence electrons. The summed E-state index contributed by atoms with van der Waals surface area (Å²) in [6, 6.07) is 0. The van der Waals surface area contributed by atoms with Gasteiger partial charge >= 0.3 is 167 Å². The van der Waals surface area contributed by atoms with Crippen LogP contribution < -0.4 is 21.0 Å². The Kier molecular flexibility index (Phi) is 6.98. The minimum atomic E-state index is -0.263. The number of hydrogen-bond acceptors (Lipinski definition) is 5. The number of hydrogen-bond donors (Lipinski definition) is 0. The van der Waals surface area contributed by atoms with Crippen LogP contribution in [0.25, 0.3) is 0 Å². The van der Waals surface area contributed by atoms with E-state index >= 15 is 0 Å². The number of ether oxygens (including phenoxy) is 4. The third-order valence-electron chi connectivity index (χ3n) is 7.61. The van der Waals surface area contributed by atoms with Gasteiger partial charge in [0.15, 0.2) is 0 Å². The molecule has 3 aliphatic heterocycles. The Morgan fingerprint density at radius 2 is 2.13 bits per heavy atom. The van der Waals surface area contributed by atoms with Crippen molar-refractivity contribution in [1.82, 2.24) is 4.90 Å². The first kappa shape index (κ1) is 23.1. The second-order valence-electron chi connectivity index (χ2n) is 10.2. The van der Waals surface area contributed by atoms with E-state index in [0.717, 1.165) is 56.2 Å². The van der Waals surface area contributed by atoms with E-state index in [1.165, 1.54) is 0 Å². The summed E-state index contributed by atoms with van der Waals surface area (Å²) < 4.78 is 25.4. The number of nitrogens with zero attached hydrogens (tertiary/aromatic N) is 1. The molecule has 0 aromatic heterocycles. The number of amides is 1. The molecule has 3 heterocycles. The van der Waals surface area contributed by atoms with Crippen molar-refractivity contribution in [3.05, 3.63) is 0 Å². The van der Waals surface area contributed by atoms with Gasteiger partial charge in [0.25, 0.3) is 0 Å². The van der Waals surface area contributed by atoms with Gasteiger partial charge < -0.3 is 0 Å². The predicted molar refractivity (Wildman–Crippen MR) is 110 cm³/mol. The van der Waals surface area contributed by atoms with Gasteiger partial charge in [0.2, 0.25) is 0 Å². The van der Waals surface area contributed by atoms with Crippen molar-refractivity contribution in [2.75, 3.05) is 31.2 Å². The molecule has 4 rings (SSSR count). The molecule has 1 amide bonds. The quantitative estimate of drug-likeness (QED) is 0.187. The van der Waals surface area contributed by atoms with Gasteiger partial charge in [-0.25, -0.2) is 0 Å². The summed E-state index contributed by atoms with van der Waals surface area (Å²) in [7, 11) is 1.73. The molecule has 1 aliphatic carbocycles. The standard InChI is InChI=1S/C22H36BINO5/c1-14(2)5-6-17-21(3,30-17)19-18(27-4)16(7-9-22(19)13-28-22)29-20(26)25-10-8-15(12-25)11-24-23/h14-19H,5-13H2,1-4H3/q-1. The van der Waals surface area contributed by atoms with E-state index in [0.29, 0.717) is 11.8 Å². The number of alkyl halides is 1. The molecule has 3 saturated heterocycles. The van der Waals surface area contributed by atoms with Crippen molar-refractivity contribution in [3.8, 4) is 0 Å². The zero-order valence-electron chi connectivity index (χ0n) is 18.8. The Balaban J connectivity index is 1.41. The summed E-state index contributed by atoms with van der Waals surface area (Å²) >= 11 is -0.228. The summed E-state index contributed by atoms with van der Waals surface area (Å²) in [6.45, 7) is 8.99. The first-order chi connectivity index (χ1) is 14.3. The van der Waals surface area contributed by atoms with Crippen molar-refractivity contribution in [2.45, 2.75) is 82.4 Å². The number of rotatable bonds is 8. The first-order valence-corrected chi connectivity index (χ1v) is 14.2. The zero-order chi connectivity index (χ0) is 21.5. The molecule has 7 unspecified atom stereocenters. The van der Waals surface area contributed by atoms with E-state index in [9.17, 15) is 4.79 Å². The van der Waals surface area contributed by atoms with Crippen molar-refractivity contribution in [2.24, 2.45) is 17.8 Å². The fraction of sp³-hybridized carbons (Fsp3) is 0.955. The van der Waals surface area contributed by atoms with E-state index in [-0.39, 0.29) is 62.5 Å². The van der Waals surface area contributed by atoms with Crippen LogP contribution in [-0.4, -0.2) is 77.4 Å². The average Bonchev–Trinajstić information content (AvgIpc) is 3.56. The van der Waals surface area contributed by atoms with Crippen LogP contribution in [0.5, 0.6) is 0 Å². The molecule has 1 spiro atoms. The van der Waals surface area contributed by atoms with Crippen molar-refractivity contribution >= 4 is 11.8 Å². The van der Waals surface area contributed by atoms with Crippen molar-refractivity contribution < 1.29 is 44.7 Å². The van der Waals surface area contributed by atoms with Gasteiger partial charge in [-0.3, -0.25) is 0 Å². The maximum atomic E-state index is 12.9. The zero-order valence-corrected chi connectivity index (χ0v) is 20.9. The average molecular weight is 532 g/mol. The van der Waals surface area contributed by atoms with Gasteiger partial charge in [0, 0.05) is 0 Å². The molecule has 0 aromatic carbocycles. The van der Waals surface area contributed by atoms with Crippen LogP contribution in [-0.2, 0) is 18.9 Å². The molecule has 2 radical (unpaired) electrons. The van der Waals surface area contributed by atoms with E-state index in [2.05, 4.69) is 20.8 Å². The van der Waals surface area contributed by atoms with Gasteiger partial charge in [-0.2, -0.15) is 0 Å². The molecule has 4 aliphatic rings. The molecule has 6 nitrogen and oxygen atoms in total. The Morgan fingerprint density at radius 3 is 2.77 bits per heavy atom. The number of methoxy groups -OCH3 is 1. The van der Waals surface area contributed by atoms with E-state index in [1.54, 1.807) is 7.11 Å². The molecule has 8 heteroatoms. The third kappa shape index (κ3) is 4.53. The van der Waals surface area contributed by atoms with E-state index in [1.807, 2.05) is 4.90 Å². The fourth-order valence-corrected chi connectivity index (χ4v) is 7.17. The molecular formula is C22H36BINO5-. The third-order valence-corrected chi connectivity index (χ3v) is 9.36. The van der Waals surface area contributed by atoms with Crippen LogP contribution in [0.2, 0.25) is 0 Å². The molecule has 1 saturated carbocycles. The van der Waals surface area contributed by atoms with E-state index < -0.39 is 0 Å². The van der Waals surface area contributed by atoms with Crippen LogP contribution in [0, 0.1) is 17.8 Å². The molecule has 30 heavy (non-hydrogen) atoms. The maximum absolute atomic E-state index is 12.9. The first-order valence-electron chi connectivity index (χ1n) is 11.4. The van der Waals surface area contributed by atoms with Gasteiger partial charge in [0.1, 0.15) is 0 Å². The second kappa shape index (κ2) is 9.06. The molecule has 0 N–H and O–H groups in total. The summed E-state index contributed by atoms with van der Waals surface area (Å²) in [5, 5.41) is 0. The number of carbonyl (C=O) groups excluding carboxylic acids is 1. The SMILES string of the molecule is [B][I-]CC1CCN(C(=O)OC2CCC3(CO3)C(C3(C)OC3CCC(C)C)C2OC)C1. The molecule has 7 atom stereocenters. The Morgan fingerprint density at radius 1 is 1.37 bits per heavy atom. The monoisotopic (exact) mass is 532 g/mol. The van der Waals surface area contributed by atoms with Crippen LogP contribution >= 0.6 is 0 Å². The van der Waals surface area contributed by atoms with Crippen LogP contribution in [0.4, 0.5) is 4.79 Å². The van der Waals surface area contributed by atoms with Gasteiger partial charge in [-0.05, 0) is 12.3 Å². The van der Waals surface area contributed by atoms with Gasteiger partial charge in [0.05, 0.1) is 0 Å². The van der Waals surface area contributed by atoms with Crippen LogP contribution in [0.3, 0.4) is 0 Å². The van der Waals surface area contributed by atoms with Gasteiger partial charge in [-0.1, -0.05) is 13.8 Å². The molecule has 0 aromatic rings. The Hall–Kier alpha value is -0.0551. The van der Waals surface area contributed by atoms with Crippen LogP contribution in [0.15, 0.2) is 0 Å². The molecular weight excluding hydrogens is 496 g/mol. The normalized spacial score (nSPS) is 42.8. The number of likely N-dealkylation sites (tertiary alicyclic amines) is 1. The predicted octanol–water partition coefficient (Wildman–Crippen LogP) is -0.226. The minimum absolute atomic E-state index is 0.0898. The topological polar surface area (TPSA) is 63.8 Å². The van der Waals surface area contributed by atoms with Crippen molar-refractivity contribution in [3.63, 3.8) is 0 Å². The summed E-state index contributed by atoms with van der Waals surface area (Å²) in [5.41, 5.74) is 5.36. The number of carbonyl (C=O) groups is 1. The Labute approximate surface area is 192 Å². The Bertz CT molecular complexity index is 633. The van der Waals surface area contributed by atoms with Gasteiger partial charge in [-0.15, -0.1) is 0 Å². The number of halogens is 1. The molecule has 0 bridgehead atoms. The van der Waals surface area contributed by atoms with Crippen molar-refractivity contribution in [1.29, 1.82) is 0 Å². The van der Waals surface area contributed by atoms with Crippen LogP contribution in [0.1, 0.15) is 52.9 Å². The summed E-state index contributed by atoms with van der Waals surface area (Å²) in [4.78, 5) is 14.7. The summed E-state index contributed by atoms with van der Waals surface area (Å²) in [5.74, 6) is 1.29. The van der Waals surface area contributed by atoms with E-state index in [4.69, 9.17) is 24.7 Å². The fourth-order valence-electron chi connectivity index (χ4n) is 5.73.